The van der Waals surface area contributed by atoms with Gasteiger partial charge in [-0.3, -0.25) is 19.5 Å². The zero-order valence-electron chi connectivity index (χ0n) is 24.5. The van der Waals surface area contributed by atoms with Gasteiger partial charge in [-0.05, 0) is 66.9 Å². The molecule has 7 rings (SSSR count). The standard InChI is InChI=1S/C37H33N3O4/c1-37-23-29(31-13-6-14-33(35(31)44-37)43-24-26-8-3-2-4-9-26)22-34(41)40(37)30-12-5-10-28(21-30)36(42)39-19-17-25-15-16-32-27(20-25)11-7-18-38-32/h2-16,18,20-21,29H,17,19,22-24H2,1H3,(H,39,42). The lowest BCUT2D eigenvalue weighted by molar-refractivity contribution is -0.127. The molecule has 0 saturated carbocycles. The molecular weight excluding hydrogens is 550 g/mol. The van der Waals surface area contributed by atoms with Gasteiger partial charge in [0.05, 0.1) is 5.52 Å². The van der Waals surface area contributed by atoms with Crippen LogP contribution < -0.4 is 19.7 Å². The summed E-state index contributed by atoms with van der Waals surface area (Å²) >= 11 is 0. The normalized spacial score (nSPS) is 18.8. The van der Waals surface area contributed by atoms with Gasteiger partial charge in [-0.25, -0.2) is 0 Å². The second-order valence-electron chi connectivity index (χ2n) is 11.6. The second-order valence-corrected chi connectivity index (χ2v) is 11.6. The molecule has 3 heterocycles. The van der Waals surface area contributed by atoms with E-state index in [-0.39, 0.29) is 17.7 Å². The number of anilines is 1. The molecule has 2 aliphatic rings. The minimum Gasteiger partial charge on any atom is -0.485 e. The Labute approximate surface area is 256 Å². The third-order valence-corrected chi connectivity index (χ3v) is 8.51. The molecule has 0 radical (unpaired) electrons. The van der Waals surface area contributed by atoms with E-state index in [0.29, 0.717) is 55.2 Å². The fourth-order valence-electron chi connectivity index (χ4n) is 6.43. The predicted molar refractivity (Wildman–Crippen MR) is 170 cm³/mol. The van der Waals surface area contributed by atoms with E-state index < -0.39 is 5.72 Å². The van der Waals surface area contributed by atoms with Crippen molar-refractivity contribution in [3.8, 4) is 11.5 Å². The molecule has 2 amide bonds. The molecule has 7 nitrogen and oxygen atoms in total. The molecule has 0 spiro atoms. The van der Waals surface area contributed by atoms with Crippen LogP contribution in [0.2, 0.25) is 0 Å². The Bertz CT molecular complexity index is 1860. The average Bonchev–Trinajstić information content (AvgIpc) is 3.04. The highest BCUT2D eigenvalue weighted by Gasteiger charge is 2.50. The number of fused-ring (bicyclic) bond motifs is 5. The smallest absolute Gasteiger partial charge is 0.251 e. The Kier molecular flexibility index (Phi) is 7.22. The van der Waals surface area contributed by atoms with Crippen molar-refractivity contribution in [1.82, 2.24) is 10.3 Å². The second kappa shape index (κ2) is 11.5. The van der Waals surface area contributed by atoms with Crippen molar-refractivity contribution in [1.29, 1.82) is 0 Å². The van der Waals surface area contributed by atoms with Crippen molar-refractivity contribution in [2.45, 2.75) is 44.4 Å². The van der Waals surface area contributed by atoms with E-state index in [1.807, 2.05) is 91.9 Å². The van der Waals surface area contributed by atoms with Crippen LogP contribution in [0.1, 0.15) is 52.7 Å². The Morgan fingerprint density at radius 1 is 0.977 bits per heavy atom. The number of carbonyl (C=O) groups excluding carboxylic acids is 2. The number of nitrogens with zero attached hydrogens (tertiary/aromatic N) is 2. The summed E-state index contributed by atoms with van der Waals surface area (Å²) in [5.41, 5.74) is 4.34. The maximum absolute atomic E-state index is 13.6. The molecular formula is C37H33N3O4. The van der Waals surface area contributed by atoms with Crippen LogP contribution in [0.5, 0.6) is 11.5 Å². The monoisotopic (exact) mass is 583 g/mol. The zero-order valence-corrected chi connectivity index (χ0v) is 24.5. The lowest BCUT2D eigenvalue weighted by Crippen LogP contribution is -2.60. The summed E-state index contributed by atoms with van der Waals surface area (Å²) in [6.45, 7) is 2.85. The molecule has 44 heavy (non-hydrogen) atoms. The van der Waals surface area contributed by atoms with E-state index >= 15 is 0 Å². The number of nitrogens with one attached hydrogen (secondary N) is 1. The van der Waals surface area contributed by atoms with Crippen molar-refractivity contribution in [3.63, 3.8) is 0 Å². The Hall–Kier alpha value is -5.17. The Morgan fingerprint density at radius 2 is 1.84 bits per heavy atom. The van der Waals surface area contributed by atoms with Crippen LogP contribution in [0.25, 0.3) is 10.9 Å². The maximum Gasteiger partial charge on any atom is 0.251 e. The molecule has 2 aliphatic heterocycles. The van der Waals surface area contributed by atoms with Crippen LogP contribution >= 0.6 is 0 Å². The number of carbonyl (C=O) groups is 2. The van der Waals surface area contributed by atoms with Crippen LogP contribution in [0, 0.1) is 0 Å². The van der Waals surface area contributed by atoms with Crippen LogP contribution in [0.3, 0.4) is 0 Å². The van der Waals surface area contributed by atoms with Gasteiger partial charge < -0.3 is 14.8 Å². The Balaban J connectivity index is 1.07. The number of para-hydroxylation sites is 1. The third kappa shape index (κ3) is 5.37. The van der Waals surface area contributed by atoms with E-state index in [2.05, 4.69) is 16.4 Å². The molecule has 2 atom stereocenters. The molecule has 2 unspecified atom stereocenters. The SMILES string of the molecule is CC12CC(CC(=O)N1c1cccc(C(=O)NCCc3ccc4ncccc4c3)c1)c1cccc(OCc3ccccc3)c1O2. The van der Waals surface area contributed by atoms with Crippen molar-refractivity contribution < 1.29 is 19.1 Å². The van der Waals surface area contributed by atoms with E-state index in [4.69, 9.17) is 9.47 Å². The average molecular weight is 584 g/mol. The van der Waals surface area contributed by atoms with E-state index in [9.17, 15) is 9.59 Å². The zero-order chi connectivity index (χ0) is 30.1. The summed E-state index contributed by atoms with van der Waals surface area (Å²) in [5.74, 6) is 1.14. The molecule has 1 saturated heterocycles. The predicted octanol–water partition coefficient (Wildman–Crippen LogP) is 6.81. The van der Waals surface area contributed by atoms with Gasteiger partial charge in [0, 0.05) is 53.7 Å². The first kappa shape index (κ1) is 27.7. The fraction of sp³-hybridized carbons (Fsp3) is 0.216. The van der Waals surface area contributed by atoms with Gasteiger partial charge in [-0.1, -0.05) is 60.7 Å². The number of aromatic nitrogens is 1. The first-order valence-electron chi connectivity index (χ1n) is 15.0. The number of ether oxygens (including phenoxy) is 2. The maximum atomic E-state index is 13.6. The number of amides is 2. The van der Waals surface area contributed by atoms with Crippen molar-refractivity contribution in [2.24, 2.45) is 0 Å². The molecule has 1 N–H and O–H groups in total. The van der Waals surface area contributed by atoms with Crippen LogP contribution in [-0.4, -0.2) is 29.1 Å². The number of hydrogen-bond acceptors (Lipinski definition) is 5. The largest absolute Gasteiger partial charge is 0.485 e. The van der Waals surface area contributed by atoms with Crippen LogP contribution in [-0.2, 0) is 17.8 Å². The summed E-state index contributed by atoms with van der Waals surface area (Å²) < 4.78 is 12.9. The number of hydrogen-bond donors (Lipinski definition) is 1. The Morgan fingerprint density at radius 3 is 2.73 bits per heavy atom. The first-order valence-corrected chi connectivity index (χ1v) is 15.0. The summed E-state index contributed by atoms with van der Waals surface area (Å²) in [4.78, 5) is 32.9. The molecule has 1 aromatic heterocycles. The van der Waals surface area contributed by atoms with Gasteiger partial charge >= 0.3 is 0 Å². The van der Waals surface area contributed by atoms with E-state index in [1.54, 1.807) is 23.2 Å². The number of benzene rings is 4. The lowest BCUT2D eigenvalue weighted by Gasteiger charge is -2.50. The van der Waals surface area contributed by atoms with Crippen molar-refractivity contribution in [2.75, 3.05) is 11.4 Å². The van der Waals surface area contributed by atoms with Gasteiger partial charge in [-0.15, -0.1) is 0 Å². The molecule has 0 aliphatic carbocycles. The lowest BCUT2D eigenvalue weighted by atomic mass is 9.80. The summed E-state index contributed by atoms with van der Waals surface area (Å²) in [7, 11) is 0. The minimum atomic E-state index is -0.931. The summed E-state index contributed by atoms with van der Waals surface area (Å²) in [6, 6.07) is 33.2. The highest BCUT2D eigenvalue weighted by Crippen LogP contribution is 2.52. The first-order chi connectivity index (χ1) is 21.5. The van der Waals surface area contributed by atoms with Gasteiger partial charge in [-0.2, -0.15) is 0 Å². The molecule has 1 fully saturated rings. The van der Waals surface area contributed by atoms with Crippen molar-refractivity contribution >= 4 is 28.4 Å². The molecule has 220 valence electrons. The van der Waals surface area contributed by atoms with Crippen LogP contribution in [0.15, 0.2) is 109 Å². The molecule has 2 bridgehead atoms. The van der Waals surface area contributed by atoms with E-state index in [0.717, 1.165) is 27.6 Å². The number of rotatable bonds is 8. The highest BCUT2D eigenvalue weighted by atomic mass is 16.5. The van der Waals surface area contributed by atoms with Gasteiger partial charge in [0.15, 0.2) is 17.2 Å². The van der Waals surface area contributed by atoms with E-state index in [1.165, 1.54) is 0 Å². The van der Waals surface area contributed by atoms with Gasteiger partial charge in [0.25, 0.3) is 5.91 Å². The number of piperidine rings is 1. The molecule has 5 aromatic rings. The minimum absolute atomic E-state index is 0.0187. The van der Waals surface area contributed by atoms with Crippen LogP contribution in [0.4, 0.5) is 5.69 Å². The number of pyridine rings is 1. The third-order valence-electron chi connectivity index (χ3n) is 8.51. The molecule has 4 aromatic carbocycles. The quantitative estimate of drug-likeness (QED) is 0.217. The molecule has 7 heteroatoms. The highest BCUT2D eigenvalue weighted by molar-refractivity contribution is 5.99. The van der Waals surface area contributed by atoms with Gasteiger partial charge in [0.2, 0.25) is 5.91 Å². The fourth-order valence-corrected chi connectivity index (χ4v) is 6.43. The summed E-state index contributed by atoms with van der Waals surface area (Å²) in [6.07, 6.45) is 3.48. The van der Waals surface area contributed by atoms with Crippen molar-refractivity contribution in [3.05, 3.63) is 132 Å². The van der Waals surface area contributed by atoms with Gasteiger partial charge in [0.1, 0.15) is 6.61 Å². The summed E-state index contributed by atoms with van der Waals surface area (Å²) in [5, 5.41) is 4.11. The topological polar surface area (TPSA) is 80.8 Å².